The SMILES string of the molecule is CCOC(Oc1ccccc1)C1CCC(C(=O)c2ccc(-c3ccc(Cl)cc3)cc2)C1C(=O)O. The molecule has 3 aromatic carbocycles. The maximum absolute atomic E-state index is 13.4. The third-order valence-electron chi connectivity index (χ3n) is 6.35. The van der Waals surface area contributed by atoms with Crippen LogP contribution in [-0.4, -0.2) is 29.8 Å². The summed E-state index contributed by atoms with van der Waals surface area (Å²) in [6, 6.07) is 23.9. The molecule has 4 rings (SSSR count). The maximum atomic E-state index is 13.4. The highest BCUT2D eigenvalue weighted by molar-refractivity contribution is 6.30. The topological polar surface area (TPSA) is 72.8 Å². The summed E-state index contributed by atoms with van der Waals surface area (Å²) in [7, 11) is 0. The van der Waals surface area contributed by atoms with Crippen LogP contribution in [0.5, 0.6) is 5.75 Å². The Morgan fingerprint density at radius 1 is 0.941 bits per heavy atom. The van der Waals surface area contributed by atoms with Crippen LogP contribution in [0.4, 0.5) is 0 Å². The van der Waals surface area contributed by atoms with Gasteiger partial charge in [-0.15, -0.1) is 0 Å². The second-order valence-corrected chi connectivity index (χ2v) is 8.85. The van der Waals surface area contributed by atoms with Crippen molar-refractivity contribution < 1.29 is 24.2 Å². The van der Waals surface area contributed by atoms with E-state index in [1.165, 1.54) is 0 Å². The molecule has 0 heterocycles. The van der Waals surface area contributed by atoms with Crippen LogP contribution in [0.25, 0.3) is 11.1 Å². The molecular weight excluding hydrogens is 452 g/mol. The Balaban J connectivity index is 1.53. The first-order chi connectivity index (χ1) is 16.5. The molecule has 6 heteroatoms. The zero-order chi connectivity index (χ0) is 24.1. The lowest BCUT2D eigenvalue weighted by Gasteiger charge is -2.28. The van der Waals surface area contributed by atoms with Crippen molar-refractivity contribution >= 4 is 23.4 Å². The number of carbonyl (C=O) groups excluding carboxylic acids is 1. The van der Waals surface area contributed by atoms with Crippen molar-refractivity contribution in [1.82, 2.24) is 0 Å². The second-order valence-electron chi connectivity index (χ2n) is 8.41. The Morgan fingerprint density at radius 3 is 2.15 bits per heavy atom. The van der Waals surface area contributed by atoms with Gasteiger partial charge >= 0.3 is 5.97 Å². The van der Waals surface area contributed by atoms with E-state index in [1.54, 1.807) is 12.1 Å². The van der Waals surface area contributed by atoms with Gasteiger partial charge in [0.1, 0.15) is 5.75 Å². The Hall–Kier alpha value is -3.15. The third kappa shape index (κ3) is 5.32. The minimum atomic E-state index is -1.00. The highest BCUT2D eigenvalue weighted by Crippen LogP contribution is 2.42. The number of rotatable bonds is 9. The monoisotopic (exact) mass is 478 g/mol. The molecule has 1 saturated carbocycles. The minimum Gasteiger partial charge on any atom is -0.481 e. The van der Waals surface area contributed by atoms with Crippen molar-refractivity contribution in [3.63, 3.8) is 0 Å². The molecule has 0 amide bonds. The van der Waals surface area contributed by atoms with E-state index in [2.05, 4.69) is 0 Å². The molecule has 0 spiro atoms. The van der Waals surface area contributed by atoms with Gasteiger partial charge in [-0.25, -0.2) is 0 Å². The number of carbonyl (C=O) groups is 2. The molecule has 0 radical (unpaired) electrons. The number of Topliss-reactive ketones (excluding diaryl/α,β-unsaturated/α-hetero) is 1. The lowest BCUT2D eigenvalue weighted by atomic mass is 9.84. The lowest BCUT2D eigenvalue weighted by molar-refractivity contribution is -0.156. The zero-order valence-corrected chi connectivity index (χ0v) is 19.7. The lowest BCUT2D eigenvalue weighted by Crippen LogP contribution is -2.39. The summed E-state index contributed by atoms with van der Waals surface area (Å²) in [6.45, 7) is 2.22. The van der Waals surface area contributed by atoms with E-state index >= 15 is 0 Å². The van der Waals surface area contributed by atoms with E-state index in [0.717, 1.165) is 11.1 Å². The van der Waals surface area contributed by atoms with E-state index in [-0.39, 0.29) is 5.78 Å². The number of hydrogen-bond donors (Lipinski definition) is 1. The molecule has 4 unspecified atom stereocenters. The van der Waals surface area contributed by atoms with Crippen LogP contribution >= 0.6 is 11.6 Å². The summed E-state index contributed by atoms with van der Waals surface area (Å²) in [5.74, 6) is -2.50. The first-order valence-corrected chi connectivity index (χ1v) is 11.8. The number of ether oxygens (including phenoxy) is 2. The molecule has 34 heavy (non-hydrogen) atoms. The second kappa shape index (κ2) is 10.9. The van der Waals surface area contributed by atoms with E-state index in [9.17, 15) is 14.7 Å². The molecular formula is C28H27ClO5. The molecule has 0 aromatic heterocycles. The van der Waals surface area contributed by atoms with E-state index in [0.29, 0.717) is 35.8 Å². The Labute approximate surface area is 204 Å². The fourth-order valence-corrected chi connectivity index (χ4v) is 4.84. The summed E-state index contributed by atoms with van der Waals surface area (Å²) in [5.41, 5.74) is 2.46. The normalized spacial score (nSPS) is 20.6. The van der Waals surface area contributed by atoms with Crippen molar-refractivity contribution in [3.05, 3.63) is 89.4 Å². The predicted molar refractivity (Wildman–Crippen MR) is 131 cm³/mol. The molecule has 1 aliphatic rings. The molecule has 4 atom stereocenters. The van der Waals surface area contributed by atoms with Crippen molar-refractivity contribution in [1.29, 1.82) is 0 Å². The summed E-state index contributed by atoms with van der Waals surface area (Å²) < 4.78 is 11.8. The zero-order valence-electron chi connectivity index (χ0n) is 18.9. The Kier molecular flexibility index (Phi) is 7.66. The molecule has 0 bridgehead atoms. The average Bonchev–Trinajstić information content (AvgIpc) is 3.30. The number of hydrogen-bond acceptors (Lipinski definition) is 4. The molecule has 1 fully saturated rings. The Bertz CT molecular complexity index is 1110. The smallest absolute Gasteiger partial charge is 0.307 e. The van der Waals surface area contributed by atoms with Gasteiger partial charge in [0.05, 0.1) is 5.92 Å². The van der Waals surface area contributed by atoms with Crippen LogP contribution in [0, 0.1) is 17.8 Å². The van der Waals surface area contributed by atoms with Crippen LogP contribution in [0.3, 0.4) is 0 Å². The number of ketones is 1. The number of benzene rings is 3. The highest BCUT2D eigenvalue weighted by Gasteiger charge is 2.49. The van der Waals surface area contributed by atoms with Gasteiger partial charge in [0, 0.05) is 29.0 Å². The molecule has 1 aliphatic carbocycles. The molecule has 0 aliphatic heterocycles. The van der Waals surface area contributed by atoms with Crippen molar-refractivity contribution in [2.45, 2.75) is 26.1 Å². The summed E-state index contributed by atoms with van der Waals surface area (Å²) in [5, 5.41) is 10.7. The predicted octanol–water partition coefficient (Wildman–Crippen LogP) is 6.36. The van der Waals surface area contributed by atoms with Crippen molar-refractivity contribution in [2.75, 3.05) is 6.61 Å². The van der Waals surface area contributed by atoms with Crippen LogP contribution in [-0.2, 0) is 9.53 Å². The number of aliphatic carboxylic acids is 1. The van der Waals surface area contributed by atoms with Crippen LogP contribution in [0.15, 0.2) is 78.9 Å². The number of carboxylic acids is 1. The van der Waals surface area contributed by atoms with Crippen LogP contribution in [0.1, 0.15) is 30.1 Å². The average molecular weight is 479 g/mol. The van der Waals surface area contributed by atoms with Gasteiger partial charge in [-0.3, -0.25) is 9.59 Å². The quantitative estimate of drug-likeness (QED) is 0.286. The van der Waals surface area contributed by atoms with E-state index in [4.69, 9.17) is 21.1 Å². The fourth-order valence-electron chi connectivity index (χ4n) is 4.71. The highest BCUT2D eigenvalue weighted by atomic mass is 35.5. The summed E-state index contributed by atoms with van der Waals surface area (Å²) >= 11 is 5.97. The van der Waals surface area contributed by atoms with E-state index < -0.39 is 30.0 Å². The largest absolute Gasteiger partial charge is 0.481 e. The fraction of sp³-hybridized carbons (Fsp3) is 0.286. The maximum Gasteiger partial charge on any atom is 0.307 e. The van der Waals surface area contributed by atoms with Crippen molar-refractivity contribution in [3.8, 4) is 16.9 Å². The summed E-state index contributed by atoms with van der Waals surface area (Å²) in [4.78, 5) is 25.7. The van der Waals surface area contributed by atoms with Gasteiger partial charge in [-0.1, -0.05) is 66.2 Å². The van der Waals surface area contributed by atoms with Gasteiger partial charge in [0.25, 0.3) is 0 Å². The first-order valence-electron chi connectivity index (χ1n) is 11.4. The molecule has 0 saturated heterocycles. The van der Waals surface area contributed by atoms with Gasteiger partial charge in [-0.2, -0.15) is 0 Å². The molecule has 3 aromatic rings. The number of halogens is 1. The number of carboxylic acid groups (broad SMARTS) is 1. The van der Waals surface area contributed by atoms with Gasteiger partial charge in [-0.05, 0) is 55.2 Å². The minimum absolute atomic E-state index is 0.160. The third-order valence-corrected chi connectivity index (χ3v) is 6.60. The standard InChI is InChI=1S/C28H27ClO5/c1-2-33-28(34-22-6-4-3-5-7-22)24-17-16-23(25(24)27(31)32)26(30)20-10-8-18(9-11-20)19-12-14-21(29)15-13-19/h3-15,23-25,28H,2,16-17H2,1H3,(H,31,32). The first kappa shape index (κ1) is 24.0. The number of para-hydroxylation sites is 1. The molecule has 176 valence electrons. The van der Waals surface area contributed by atoms with Gasteiger partial charge in [0.15, 0.2) is 5.78 Å². The van der Waals surface area contributed by atoms with Crippen LogP contribution < -0.4 is 4.74 Å². The Morgan fingerprint density at radius 2 is 1.56 bits per heavy atom. The van der Waals surface area contributed by atoms with Crippen molar-refractivity contribution in [2.24, 2.45) is 17.8 Å². The van der Waals surface area contributed by atoms with Crippen LogP contribution in [0.2, 0.25) is 5.02 Å². The summed E-state index contributed by atoms with van der Waals surface area (Å²) in [6.07, 6.45) is 0.271. The molecule has 5 nitrogen and oxygen atoms in total. The van der Waals surface area contributed by atoms with Gasteiger partial charge in [0.2, 0.25) is 6.29 Å². The van der Waals surface area contributed by atoms with E-state index in [1.807, 2.05) is 73.7 Å². The van der Waals surface area contributed by atoms with Gasteiger partial charge < -0.3 is 14.6 Å². The molecule has 1 N–H and O–H groups in total.